The predicted molar refractivity (Wildman–Crippen MR) is 87.8 cm³/mol. The smallest absolute Gasteiger partial charge is 0.220 e. The maximum atomic E-state index is 11.9. The van der Waals surface area contributed by atoms with Gasteiger partial charge in [0.25, 0.3) is 0 Å². The Morgan fingerprint density at radius 1 is 1.32 bits per heavy atom. The first kappa shape index (κ1) is 15.1. The summed E-state index contributed by atoms with van der Waals surface area (Å²) in [5.74, 6) is 0.929. The van der Waals surface area contributed by atoms with Gasteiger partial charge in [0.1, 0.15) is 0 Å². The van der Waals surface area contributed by atoms with E-state index in [1.54, 1.807) is 0 Å². The SMILES string of the molecule is O=C(CCc1c[nH]c2ccccc12)NCCCOCC1CC1. The molecule has 4 nitrogen and oxygen atoms in total. The maximum Gasteiger partial charge on any atom is 0.220 e. The van der Waals surface area contributed by atoms with Crippen molar-refractivity contribution in [1.82, 2.24) is 10.3 Å². The number of para-hydroxylation sites is 1. The first-order chi connectivity index (χ1) is 10.8. The molecule has 0 spiro atoms. The number of carbonyl (C=O) groups excluding carboxylic acids is 1. The number of rotatable bonds is 9. The van der Waals surface area contributed by atoms with Gasteiger partial charge >= 0.3 is 0 Å². The second kappa shape index (κ2) is 7.45. The number of ether oxygens (including phenoxy) is 1. The zero-order chi connectivity index (χ0) is 15.2. The molecule has 2 N–H and O–H groups in total. The lowest BCUT2D eigenvalue weighted by atomic mass is 10.1. The van der Waals surface area contributed by atoms with Crippen molar-refractivity contribution in [2.24, 2.45) is 5.92 Å². The van der Waals surface area contributed by atoms with Crippen molar-refractivity contribution in [2.45, 2.75) is 32.1 Å². The van der Waals surface area contributed by atoms with E-state index in [0.29, 0.717) is 13.0 Å². The average molecular weight is 300 g/mol. The van der Waals surface area contributed by atoms with Gasteiger partial charge in [-0.25, -0.2) is 0 Å². The quantitative estimate of drug-likeness (QED) is 0.699. The van der Waals surface area contributed by atoms with Crippen LogP contribution in [0, 0.1) is 5.92 Å². The third-order valence-electron chi connectivity index (χ3n) is 4.13. The summed E-state index contributed by atoms with van der Waals surface area (Å²) in [4.78, 5) is 15.1. The highest BCUT2D eigenvalue weighted by Gasteiger charge is 2.20. The summed E-state index contributed by atoms with van der Waals surface area (Å²) in [6.45, 7) is 2.35. The molecule has 1 fully saturated rings. The highest BCUT2D eigenvalue weighted by molar-refractivity contribution is 5.84. The number of aromatic amines is 1. The summed E-state index contributed by atoms with van der Waals surface area (Å²) in [6.07, 6.45) is 6.85. The van der Waals surface area contributed by atoms with Gasteiger partial charge < -0.3 is 15.0 Å². The lowest BCUT2D eigenvalue weighted by Crippen LogP contribution is -2.25. The standard InChI is InChI=1S/C18H24N2O2/c21-18(19-10-3-11-22-13-14-6-7-14)9-8-15-12-20-17-5-2-1-4-16(15)17/h1-2,4-5,12,14,20H,3,6-11,13H2,(H,19,21). The lowest BCUT2D eigenvalue weighted by Gasteiger charge is -2.06. The first-order valence-corrected chi connectivity index (χ1v) is 8.22. The van der Waals surface area contributed by atoms with Crippen molar-refractivity contribution in [3.05, 3.63) is 36.0 Å². The number of hydrogen-bond acceptors (Lipinski definition) is 2. The van der Waals surface area contributed by atoms with Crippen LogP contribution in [0.4, 0.5) is 0 Å². The Balaban J connectivity index is 1.31. The second-order valence-corrected chi connectivity index (χ2v) is 6.08. The van der Waals surface area contributed by atoms with Crippen molar-refractivity contribution in [1.29, 1.82) is 0 Å². The number of nitrogens with one attached hydrogen (secondary N) is 2. The average Bonchev–Trinajstić information content (AvgIpc) is 3.27. The van der Waals surface area contributed by atoms with Crippen LogP contribution in [-0.4, -0.2) is 30.6 Å². The Labute approximate surface area is 131 Å². The van der Waals surface area contributed by atoms with Gasteiger partial charge in [0.15, 0.2) is 0 Å². The molecule has 1 aliphatic carbocycles. The van der Waals surface area contributed by atoms with E-state index >= 15 is 0 Å². The molecule has 0 atom stereocenters. The molecule has 1 saturated carbocycles. The van der Waals surface area contributed by atoms with Crippen LogP contribution in [0.15, 0.2) is 30.5 Å². The van der Waals surface area contributed by atoms with E-state index in [1.165, 1.54) is 23.8 Å². The normalized spacial score (nSPS) is 14.4. The zero-order valence-corrected chi connectivity index (χ0v) is 12.9. The molecule has 0 aliphatic heterocycles. The number of aryl methyl sites for hydroxylation is 1. The minimum absolute atomic E-state index is 0.118. The molecule has 118 valence electrons. The maximum absolute atomic E-state index is 11.9. The molecule has 2 aromatic rings. The summed E-state index contributed by atoms with van der Waals surface area (Å²) in [5, 5.41) is 4.18. The summed E-state index contributed by atoms with van der Waals surface area (Å²) >= 11 is 0. The van der Waals surface area contributed by atoms with Crippen LogP contribution in [0.25, 0.3) is 10.9 Å². The summed E-state index contributed by atoms with van der Waals surface area (Å²) in [6, 6.07) is 8.19. The van der Waals surface area contributed by atoms with E-state index < -0.39 is 0 Å². The van der Waals surface area contributed by atoms with Crippen molar-refractivity contribution in [2.75, 3.05) is 19.8 Å². The van der Waals surface area contributed by atoms with Crippen molar-refractivity contribution < 1.29 is 9.53 Å². The molecule has 0 unspecified atom stereocenters. The minimum Gasteiger partial charge on any atom is -0.381 e. The Morgan fingerprint density at radius 2 is 2.18 bits per heavy atom. The number of H-pyrrole nitrogens is 1. The lowest BCUT2D eigenvalue weighted by molar-refractivity contribution is -0.121. The molecular formula is C18H24N2O2. The number of aromatic nitrogens is 1. The Morgan fingerprint density at radius 3 is 3.05 bits per heavy atom. The number of fused-ring (bicyclic) bond motifs is 1. The van der Waals surface area contributed by atoms with Gasteiger partial charge in [0, 0.05) is 43.3 Å². The van der Waals surface area contributed by atoms with Crippen molar-refractivity contribution in [3.63, 3.8) is 0 Å². The van der Waals surface area contributed by atoms with E-state index in [0.717, 1.165) is 37.5 Å². The molecule has 0 radical (unpaired) electrons. The van der Waals surface area contributed by atoms with Crippen LogP contribution < -0.4 is 5.32 Å². The fraction of sp³-hybridized carbons (Fsp3) is 0.500. The fourth-order valence-electron chi connectivity index (χ4n) is 2.61. The van der Waals surface area contributed by atoms with Gasteiger partial charge in [-0.2, -0.15) is 0 Å². The van der Waals surface area contributed by atoms with E-state index in [1.807, 2.05) is 18.3 Å². The van der Waals surface area contributed by atoms with Crippen LogP contribution in [0.3, 0.4) is 0 Å². The van der Waals surface area contributed by atoms with Crippen LogP contribution in [0.2, 0.25) is 0 Å². The fourth-order valence-corrected chi connectivity index (χ4v) is 2.61. The summed E-state index contributed by atoms with van der Waals surface area (Å²) in [7, 11) is 0. The van der Waals surface area contributed by atoms with Crippen LogP contribution in [0.1, 0.15) is 31.2 Å². The molecule has 1 aromatic heterocycles. The van der Waals surface area contributed by atoms with E-state index in [4.69, 9.17) is 4.74 Å². The topological polar surface area (TPSA) is 54.1 Å². The Bertz CT molecular complexity index is 616. The molecule has 4 heteroatoms. The van der Waals surface area contributed by atoms with Gasteiger partial charge in [-0.3, -0.25) is 4.79 Å². The van der Waals surface area contributed by atoms with Crippen LogP contribution in [-0.2, 0) is 16.0 Å². The molecular weight excluding hydrogens is 276 g/mol. The van der Waals surface area contributed by atoms with Crippen molar-refractivity contribution >= 4 is 16.8 Å². The molecule has 0 bridgehead atoms. The summed E-state index contributed by atoms with van der Waals surface area (Å²) in [5.41, 5.74) is 2.34. The van der Waals surface area contributed by atoms with E-state index in [2.05, 4.69) is 22.4 Å². The largest absolute Gasteiger partial charge is 0.381 e. The molecule has 1 aromatic carbocycles. The number of amides is 1. The third kappa shape index (κ3) is 4.34. The first-order valence-electron chi connectivity index (χ1n) is 8.22. The van der Waals surface area contributed by atoms with Gasteiger partial charge in [-0.15, -0.1) is 0 Å². The molecule has 22 heavy (non-hydrogen) atoms. The molecule has 1 amide bonds. The highest BCUT2D eigenvalue weighted by Crippen LogP contribution is 2.28. The Hall–Kier alpha value is -1.81. The predicted octanol–water partition coefficient (Wildman–Crippen LogP) is 3.03. The number of hydrogen-bond donors (Lipinski definition) is 2. The summed E-state index contributed by atoms with van der Waals surface area (Å²) < 4.78 is 5.55. The van der Waals surface area contributed by atoms with Gasteiger partial charge in [-0.1, -0.05) is 18.2 Å². The third-order valence-corrected chi connectivity index (χ3v) is 4.13. The van der Waals surface area contributed by atoms with Crippen molar-refractivity contribution in [3.8, 4) is 0 Å². The van der Waals surface area contributed by atoms with Crippen LogP contribution >= 0.6 is 0 Å². The van der Waals surface area contributed by atoms with Gasteiger partial charge in [-0.05, 0) is 43.2 Å². The number of benzene rings is 1. The number of carbonyl (C=O) groups is 1. The second-order valence-electron chi connectivity index (χ2n) is 6.08. The van der Waals surface area contributed by atoms with Gasteiger partial charge in [0.05, 0.1) is 0 Å². The van der Waals surface area contributed by atoms with Crippen LogP contribution in [0.5, 0.6) is 0 Å². The van der Waals surface area contributed by atoms with Gasteiger partial charge in [0.2, 0.25) is 5.91 Å². The molecule has 1 heterocycles. The Kier molecular flexibility index (Phi) is 5.11. The van der Waals surface area contributed by atoms with E-state index in [9.17, 15) is 4.79 Å². The molecule has 0 saturated heterocycles. The molecule has 3 rings (SSSR count). The monoisotopic (exact) mass is 300 g/mol. The highest BCUT2D eigenvalue weighted by atomic mass is 16.5. The minimum atomic E-state index is 0.118. The molecule has 1 aliphatic rings. The zero-order valence-electron chi connectivity index (χ0n) is 12.9. The van der Waals surface area contributed by atoms with E-state index in [-0.39, 0.29) is 5.91 Å².